The number of rotatable bonds is 10. The number of carbonyl (C=O) groups is 2. The zero-order valence-electron chi connectivity index (χ0n) is 21.9. The minimum Gasteiger partial charge on any atom is -0.383 e. The fraction of sp³-hybridized carbons (Fsp3) is 0.414. The number of benzene rings is 2. The summed E-state index contributed by atoms with van der Waals surface area (Å²) in [4.78, 5) is 26.3. The Hall–Kier alpha value is -3.29. The summed E-state index contributed by atoms with van der Waals surface area (Å²) in [7, 11) is 3.66. The third kappa shape index (κ3) is 5.58. The number of aromatic amines is 1. The van der Waals surface area contributed by atoms with Crippen molar-refractivity contribution in [2.45, 2.75) is 46.2 Å². The number of hydrogen-bond acceptors (Lipinski definition) is 5. The second-order valence-electron chi connectivity index (χ2n) is 10.5. The van der Waals surface area contributed by atoms with Crippen LogP contribution >= 0.6 is 0 Å². The van der Waals surface area contributed by atoms with E-state index in [1.54, 1.807) is 7.11 Å². The number of ether oxygens (including phenoxy) is 1. The van der Waals surface area contributed by atoms with E-state index in [1.807, 2.05) is 43.4 Å². The molecule has 7 heteroatoms. The molecule has 4 rings (SSSR count). The molecule has 0 spiro atoms. The highest BCUT2D eigenvalue weighted by Gasteiger charge is 2.32. The second kappa shape index (κ2) is 10.8. The molecular weight excluding hydrogens is 452 g/mol. The molecule has 1 unspecified atom stereocenters. The molecule has 190 valence electrons. The van der Waals surface area contributed by atoms with Crippen LogP contribution in [-0.2, 0) is 24.1 Å². The Morgan fingerprint density at radius 1 is 1.22 bits per heavy atom. The third-order valence-corrected chi connectivity index (χ3v) is 7.13. The van der Waals surface area contributed by atoms with Crippen LogP contribution in [0.25, 0.3) is 11.3 Å². The third-order valence-electron chi connectivity index (χ3n) is 7.13. The molecule has 0 saturated heterocycles. The van der Waals surface area contributed by atoms with Gasteiger partial charge in [0.25, 0.3) is 5.91 Å². The first kappa shape index (κ1) is 25.8. The topological polar surface area (TPSA) is 87.3 Å². The largest absolute Gasteiger partial charge is 0.383 e. The molecular formula is C29H36N4O3. The van der Waals surface area contributed by atoms with Crippen LogP contribution in [0.4, 0.5) is 0 Å². The normalized spacial score (nSPS) is 15.1. The van der Waals surface area contributed by atoms with E-state index >= 15 is 0 Å². The number of nitrogens with zero attached hydrogens (tertiary/aromatic N) is 2. The smallest absolute Gasteiger partial charge is 0.251 e. The Bertz CT molecular complexity index is 1230. The molecule has 2 N–H and O–H groups in total. The van der Waals surface area contributed by atoms with Crippen LogP contribution in [-0.4, -0.2) is 54.6 Å². The molecule has 0 fully saturated rings. The van der Waals surface area contributed by atoms with Crippen LogP contribution in [0.1, 0.15) is 69.9 Å². The van der Waals surface area contributed by atoms with Crippen molar-refractivity contribution in [2.75, 3.05) is 27.3 Å². The lowest BCUT2D eigenvalue weighted by atomic mass is 9.89. The van der Waals surface area contributed by atoms with E-state index in [2.05, 4.69) is 47.3 Å². The predicted octanol–water partition coefficient (Wildman–Crippen LogP) is 4.58. The zero-order valence-corrected chi connectivity index (χ0v) is 21.9. The maximum Gasteiger partial charge on any atom is 0.251 e. The lowest BCUT2D eigenvalue weighted by Gasteiger charge is -2.26. The number of amides is 1. The fourth-order valence-electron chi connectivity index (χ4n) is 4.94. The van der Waals surface area contributed by atoms with E-state index in [9.17, 15) is 9.59 Å². The summed E-state index contributed by atoms with van der Waals surface area (Å²) >= 11 is 0. The van der Waals surface area contributed by atoms with Crippen LogP contribution in [0.5, 0.6) is 0 Å². The average Bonchev–Trinajstić information content (AvgIpc) is 3.38. The number of H-pyrrole nitrogens is 1. The van der Waals surface area contributed by atoms with Crippen molar-refractivity contribution < 1.29 is 14.3 Å². The Kier molecular flexibility index (Phi) is 7.71. The number of hydrogen-bond donors (Lipinski definition) is 2. The lowest BCUT2D eigenvalue weighted by Crippen LogP contribution is -2.27. The highest BCUT2D eigenvalue weighted by Crippen LogP contribution is 2.40. The van der Waals surface area contributed by atoms with Crippen LogP contribution < -0.4 is 5.32 Å². The van der Waals surface area contributed by atoms with Gasteiger partial charge in [-0.25, -0.2) is 0 Å². The van der Waals surface area contributed by atoms with Gasteiger partial charge in [-0.15, -0.1) is 0 Å². The van der Waals surface area contributed by atoms with Crippen molar-refractivity contribution in [3.05, 3.63) is 76.0 Å². The average molecular weight is 489 g/mol. The summed E-state index contributed by atoms with van der Waals surface area (Å²) in [5, 5.41) is 10.7. The van der Waals surface area contributed by atoms with Crippen molar-refractivity contribution in [1.82, 2.24) is 20.4 Å². The molecule has 1 heterocycles. The van der Waals surface area contributed by atoms with Gasteiger partial charge in [-0.3, -0.25) is 19.6 Å². The monoisotopic (exact) mass is 488 g/mol. The van der Waals surface area contributed by atoms with Crippen LogP contribution in [0, 0.1) is 5.41 Å². The number of carbonyl (C=O) groups excluding carboxylic acids is 2. The zero-order chi connectivity index (χ0) is 25.9. The van der Waals surface area contributed by atoms with Crippen molar-refractivity contribution in [3.63, 3.8) is 0 Å². The summed E-state index contributed by atoms with van der Waals surface area (Å²) in [6.07, 6.45) is 2.92. The molecule has 0 radical (unpaired) electrons. The van der Waals surface area contributed by atoms with E-state index in [4.69, 9.17) is 4.74 Å². The van der Waals surface area contributed by atoms with Crippen molar-refractivity contribution in [2.24, 2.45) is 5.41 Å². The predicted molar refractivity (Wildman–Crippen MR) is 141 cm³/mol. The van der Waals surface area contributed by atoms with Gasteiger partial charge >= 0.3 is 0 Å². The van der Waals surface area contributed by atoms with Gasteiger partial charge in [0.1, 0.15) is 6.29 Å². The number of methoxy groups -OCH3 is 1. The first-order valence-corrected chi connectivity index (χ1v) is 12.4. The molecule has 3 aromatic rings. The first-order chi connectivity index (χ1) is 17.2. The van der Waals surface area contributed by atoms with Gasteiger partial charge in [-0.05, 0) is 61.6 Å². The van der Waals surface area contributed by atoms with Crippen LogP contribution in [0.2, 0.25) is 0 Å². The maximum absolute atomic E-state index is 12.3. The van der Waals surface area contributed by atoms with Crippen LogP contribution in [0.15, 0.2) is 42.5 Å². The molecule has 1 aliphatic carbocycles. The van der Waals surface area contributed by atoms with Crippen LogP contribution in [0.3, 0.4) is 0 Å². The van der Waals surface area contributed by atoms with Crippen molar-refractivity contribution in [3.8, 4) is 11.3 Å². The molecule has 1 atom stereocenters. The van der Waals surface area contributed by atoms with E-state index < -0.39 is 0 Å². The first-order valence-electron chi connectivity index (χ1n) is 12.4. The van der Waals surface area contributed by atoms with Gasteiger partial charge in [0, 0.05) is 54.2 Å². The minimum absolute atomic E-state index is 0.0918. The number of aromatic nitrogens is 2. The second-order valence-corrected chi connectivity index (χ2v) is 10.5. The molecule has 7 nitrogen and oxygen atoms in total. The molecule has 1 aliphatic rings. The quantitative estimate of drug-likeness (QED) is 0.322. The van der Waals surface area contributed by atoms with E-state index in [-0.39, 0.29) is 17.4 Å². The maximum atomic E-state index is 12.3. The summed E-state index contributed by atoms with van der Waals surface area (Å²) in [5.74, 6) is -0.111. The molecule has 1 amide bonds. The lowest BCUT2D eigenvalue weighted by molar-refractivity contribution is 0.0936. The Labute approximate surface area is 213 Å². The van der Waals surface area contributed by atoms with Gasteiger partial charge in [0.2, 0.25) is 0 Å². The van der Waals surface area contributed by atoms with Crippen molar-refractivity contribution >= 4 is 12.2 Å². The van der Waals surface area contributed by atoms with Gasteiger partial charge in [0.15, 0.2) is 0 Å². The molecule has 1 aromatic heterocycles. The number of aldehydes is 1. The standard InChI is InChI=1S/C29H36N4O3/c1-19(20-6-8-21(9-7-20)28(35)30-12-13-36-5)33(4)17-24-14-22(10-11-23(24)18-34)27-25-15-29(2,3)16-26(25)31-32-27/h6-11,14,18-19H,12-13,15-17H2,1-5H3,(H,30,35)(H,31,32). The molecule has 36 heavy (non-hydrogen) atoms. The van der Waals surface area contributed by atoms with E-state index in [1.165, 1.54) is 11.3 Å². The number of fused-ring (bicyclic) bond motifs is 1. The minimum atomic E-state index is -0.111. The van der Waals surface area contributed by atoms with Gasteiger partial charge < -0.3 is 10.1 Å². The van der Waals surface area contributed by atoms with Gasteiger partial charge in [0.05, 0.1) is 12.3 Å². The van der Waals surface area contributed by atoms with Gasteiger partial charge in [-0.2, -0.15) is 5.10 Å². The summed E-state index contributed by atoms with van der Waals surface area (Å²) in [5.41, 5.74) is 8.15. The SMILES string of the molecule is COCCNC(=O)c1ccc(C(C)N(C)Cc2cc(-c3n[nH]c4c3CC(C)(C)C4)ccc2C=O)cc1. The Balaban J connectivity index is 1.49. The summed E-state index contributed by atoms with van der Waals surface area (Å²) in [6, 6.07) is 13.7. The fourth-order valence-corrected chi connectivity index (χ4v) is 4.94. The Morgan fingerprint density at radius 3 is 2.67 bits per heavy atom. The highest BCUT2D eigenvalue weighted by molar-refractivity contribution is 5.94. The van der Waals surface area contributed by atoms with E-state index in [0.717, 1.165) is 41.5 Å². The number of nitrogens with one attached hydrogen (secondary N) is 2. The Morgan fingerprint density at radius 2 is 1.97 bits per heavy atom. The molecule has 0 saturated carbocycles. The summed E-state index contributed by atoms with van der Waals surface area (Å²) < 4.78 is 4.98. The van der Waals surface area contributed by atoms with E-state index in [0.29, 0.717) is 30.8 Å². The summed E-state index contributed by atoms with van der Waals surface area (Å²) in [6.45, 7) is 8.26. The molecule has 0 aliphatic heterocycles. The highest BCUT2D eigenvalue weighted by atomic mass is 16.5. The van der Waals surface area contributed by atoms with Crippen molar-refractivity contribution in [1.29, 1.82) is 0 Å². The molecule has 0 bridgehead atoms. The molecule has 2 aromatic carbocycles. The van der Waals surface area contributed by atoms with Gasteiger partial charge in [-0.1, -0.05) is 38.1 Å².